The summed E-state index contributed by atoms with van der Waals surface area (Å²) in [4.78, 5) is 0. The maximum atomic E-state index is 10.3. The quantitative estimate of drug-likeness (QED) is 0.762. The monoisotopic (exact) mass is 268 g/mol. The van der Waals surface area contributed by atoms with Gasteiger partial charge in [0.05, 0.1) is 0 Å². The van der Waals surface area contributed by atoms with E-state index in [1.54, 1.807) is 12.1 Å². The lowest BCUT2D eigenvalue weighted by Crippen LogP contribution is -2.05. The molecule has 2 aliphatic rings. The third kappa shape index (κ3) is 2.38. The molecule has 2 heteroatoms. The smallest absolute Gasteiger partial charge is 0.123 e. The van der Waals surface area contributed by atoms with E-state index in [0.717, 1.165) is 30.4 Å². The van der Waals surface area contributed by atoms with Gasteiger partial charge in [-0.25, -0.2) is 0 Å². The number of hydrogen-bond acceptors (Lipinski definition) is 2. The molecule has 2 nitrogen and oxygen atoms in total. The first-order valence-electron chi connectivity index (χ1n) is 7.37. The van der Waals surface area contributed by atoms with Gasteiger partial charge in [-0.15, -0.1) is 0 Å². The first kappa shape index (κ1) is 13.0. The Kier molecular flexibility index (Phi) is 3.64. The molecule has 1 aromatic rings. The first-order valence-corrected chi connectivity index (χ1v) is 7.37. The van der Waals surface area contributed by atoms with E-state index in [0.29, 0.717) is 0 Å². The van der Waals surface area contributed by atoms with Crippen molar-refractivity contribution in [1.82, 2.24) is 0 Å². The molecule has 0 spiro atoms. The van der Waals surface area contributed by atoms with Crippen molar-refractivity contribution in [3.05, 3.63) is 58.9 Å². The fraction of sp³-hybridized carbons (Fsp3) is 0.333. The van der Waals surface area contributed by atoms with Crippen LogP contribution in [0.5, 0.6) is 5.75 Å². The minimum absolute atomic E-state index is 0.234. The average Bonchev–Trinajstić information content (AvgIpc) is 2.49. The molecule has 104 valence electrons. The fourth-order valence-electron chi connectivity index (χ4n) is 3.22. The highest BCUT2D eigenvalue weighted by Gasteiger charge is 2.22. The second kappa shape index (κ2) is 5.58. The molecule has 1 aromatic carbocycles. The van der Waals surface area contributed by atoms with Gasteiger partial charge < -0.3 is 10.2 Å². The van der Waals surface area contributed by atoms with Crippen molar-refractivity contribution in [2.24, 2.45) is 0 Å². The summed E-state index contributed by atoms with van der Waals surface area (Å²) in [5.74, 6) is 0.504. The third-order valence-electron chi connectivity index (χ3n) is 4.21. The number of phenolic OH excluding ortho intramolecular Hbond substituents is 1. The molecule has 0 aliphatic heterocycles. The van der Waals surface area contributed by atoms with Crippen molar-refractivity contribution >= 4 is 5.57 Å². The van der Waals surface area contributed by atoms with E-state index in [1.807, 2.05) is 24.3 Å². The Morgan fingerprint density at radius 1 is 0.900 bits per heavy atom. The molecule has 1 saturated carbocycles. The molecule has 0 heterocycles. The number of rotatable bonds is 1. The van der Waals surface area contributed by atoms with Crippen LogP contribution in [0.3, 0.4) is 0 Å². The van der Waals surface area contributed by atoms with Crippen LogP contribution >= 0.6 is 0 Å². The van der Waals surface area contributed by atoms with Gasteiger partial charge in [0.15, 0.2) is 0 Å². The maximum Gasteiger partial charge on any atom is 0.123 e. The van der Waals surface area contributed by atoms with Crippen LogP contribution in [0, 0.1) is 0 Å². The predicted molar refractivity (Wildman–Crippen MR) is 81.5 cm³/mol. The Morgan fingerprint density at radius 3 is 2.40 bits per heavy atom. The van der Waals surface area contributed by atoms with Crippen molar-refractivity contribution in [3.8, 4) is 5.75 Å². The summed E-state index contributed by atoms with van der Waals surface area (Å²) < 4.78 is 0. The standard InChI is InChI=1S/C18H20O2/c19-16-11-5-4-9-15(16)18-14(10-6-12-17(18)20)13-7-2-1-3-8-13/h4-6,9,11-12,19-20H,1-3,7-8,10H2. The van der Waals surface area contributed by atoms with Gasteiger partial charge in [-0.2, -0.15) is 0 Å². The Bertz CT molecular complexity index is 598. The lowest BCUT2D eigenvalue weighted by Gasteiger charge is -2.24. The minimum Gasteiger partial charge on any atom is -0.507 e. The van der Waals surface area contributed by atoms with Crippen LogP contribution in [0.15, 0.2) is 53.3 Å². The SMILES string of the molecule is OC1=C(c2ccccc2O)C(=C2CCCCC2)CC=C1. The van der Waals surface area contributed by atoms with Crippen molar-refractivity contribution in [1.29, 1.82) is 0 Å². The van der Waals surface area contributed by atoms with Crippen LogP contribution in [0.2, 0.25) is 0 Å². The number of aromatic hydroxyl groups is 1. The summed E-state index contributed by atoms with van der Waals surface area (Å²) >= 11 is 0. The number of para-hydroxylation sites is 1. The number of aliphatic hydroxyl groups is 1. The molecule has 1 fully saturated rings. The molecule has 2 N–H and O–H groups in total. The highest BCUT2D eigenvalue weighted by Crippen LogP contribution is 2.41. The van der Waals surface area contributed by atoms with E-state index in [-0.39, 0.29) is 11.5 Å². The van der Waals surface area contributed by atoms with Crippen molar-refractivity contribution in [3.63, 3.8) is 0 Å². The van der Waals surface area contributed by atoms with E-state index in [9.17, 15) is 10.2 Å². The van der Waals surface area contributed by atoms with Crippen molar-refractivity contribution in [2.45, 2.75) is 38.5 Å². The number of aliphatic hydroxyl groups excluding tert-OH is 1. The fourth-order valence-corrected chi connectivity index (χ4v) is 3.22. The second-order valence-electron chi connectivity index (χ2n) is 5.53. The van der Waals surface area contributed by atoms with Crippen LogP contribution in [-0.4, -0.2) is 10.2 Å². The van der Waals surface area contributed by atoms with Gasteiger partial charge in [0.1, 0.15) is 11.5 Å². The molecule has 0 unspecified atom stereocenters. The van der Waals surface area contributed by atoms with Gasteiger partial charge in [0.2, 0.25) is 0 Å². The zero-order valence-corrected chi connectivity index (χ0v) is 11.6. The molecule has 0 saturated heterocycles. The second-order valence-corrected chi connectivity index (χ2v) is 5.53. The molecule has 20 heavy (non-hydrogen) atoms. The molecule has 2 aliphatic carbocycles. The van der Waals surface area contributed by atoms with Crippen LogP contribution < -0.4 is 0 Å². The average molecular weight is 268 g/mol. The van der Waals surface area contributed by atoms with Gasteiger partial charge in [0.25, 0.3) is 0 Å². The summed E-state index contributed by atoms with van der Waals surface area (Å²) in [5.41, 5.74) is 4.22. The van der Waals surface area contributed by atoms with E-state index >= 15 is 0 Å². The Morgan fingerprint density at radius 2 is 1.65 bits per heavy atom. The number of allylic oxidation sites excluding steroid dienone is 5. The zero-order chi connectivity index (χ0) is 13.9. The summed E-state index contributed by atoms with van der Waals surface area (Å²) in [6, 6.07) is 7.26. The van der Waals surface area contributed by atoms with Crippen LogP contribution in [0.1, 0.15) is 44.1 Å². The number of benzene rings is 1. The lowest BCUT2D eigenvalue weighted by atomic mass is 9.82. The number of hydrogen-bond donors (Lipinski definition) is 2. The summed E-state index contributed by atoms with van der Waals surface area (Å²) in [6.45, 7) is 0. The minimum atomic E-state index is 0.234. The third-order valence-corrected chi connectivity index (χ3v) is 4.21. The summed E-state index contributed by atoms with van der Waals surface area (Å²) in [6.07, 6.45) is 10.6. The molecule has 0 atom stereocenters. The molecule has 3 rings (SSSR count). The maximum absolute atomic E-state index is 10.3. The Hall–Kier alpha value is -1.96. The number of phenols is 1. The molecule has 0 aromatic heterocycles. The zero-order valence-electron chi connectivity index (χ0n) is 11.6. The molecule has 0 radical (unpaired) electrons. The van der Waals surface area contributed by atoms with Gasteiger partial charge in [-0.05, 0) is 49.8 Å². The summed E-state index contributed by atoms with van der Waals surface area (Å²) in [7, 11) is 0. The first-order chi connectivity index (χ1) is 9.77. The van der Waals surface area contributed by atoms with Crippen molar-refractivity contribution in [2.75, 3.05) is 0 Å². The lowest BCUT2D eigenvalue weighted by molar-refractivity contribution is 0.431. The van der Waals surface area contributed by atoms with Crippen LogP contribution in [0.4, 0.5) is 0 Å². The van der Waals surface area contributed by atoms with Crippen LogP contribution in [-0.2, 0) is 0 Å². The summed E-state index contributed by atoms with van der Waals surface area (Å²) in [5, 5.41) is 20.4. The largest absolute Gasteiger partial charge is 0.507 e. The van der Waals surface area contributed by atoms with Gasteiger partial charge in [-0.1, -0.05) is 36.3 Å². The topological polar surface area (TPSA) is 40.5 Å². The van der Waals surface area contributed by atoms with E-state index in [2.05, 4.69) is 0 Å². The molecular formula is C18H20O2. The molecule has 0 bridgehead atoms. The van der Waals surface area contributed by atoms with Gasteiger partial charge in [-0.3, -0.25) is 0 Å². The van der Waals surface area contributed by atoms with E-state index < -0.39 is 0 Å². The van der Waals surface area contributed by atoms with Gasteiger partial charge in [0, 0.05) is 11.1 Å². The van der Waals surface area contributed by atoms with E-state index in [4.69, 9.17) is 0 Å². The highest BCUT2D eigenvalue weighted by atomic mass is 16.3. The van der Waals surface area contributed by atoms with E-state index in [1.165, 1.54) is 30.4 Å². The molecular weight excluding hydrogens is 248 g/mol. The predicted octanol–water partition coefficient (Wildman–Crippen LogP) is 4.88. The normalized spacial score (nSPS) is 19.6. The van der Waals surface area contributed by atoms with Crippen LogP contribution in [0.25, 0.3) is 5.57 Å². The van der Waals surface area contributed by atoms with Gasteiger partial charge >= 0.3 is 0 Å². The Labute approximate surface area is 119 Å². The Balaban J connectivity index is 2.12. The highest BCUT2D eigenvalue weighted by molar-refractivity contribution is 5.86. The molecule has 0 amide bonds. The van der Waals surface area contributed by atoms with Crippen molar-refractivity contribution < 1.29 is 10.2 Å².